The molecular weight excluding hydrogens is 388 g/mol. The zero-order chi connectivity index (χ0) is 21.6. The van der Waals surface area contributed by atoms with Gasteiger partial charge in [-0.1, -0.05) is 54.6 Å². The molecule has 4 rings (SSSR count). The molecule has 0 amide bonds. The first-order chi connectivity index (χ1) is 15.1. The monoisotopic (exact) mass is 414 g/mol. The van der Waals surface area contributed by atoms with Crippen molar-refractivity contribution in [2.24, 2.45) is 0 Å². The molecule has 0 bridgehead atoms. The molecule has 31 heavy (non-hydrogen) atoms. The molecule has 5 nitrogen and oxygen atoms in total. The Morgan fingerprint density at radius 1 is 1.00 bits per heavy atom. The molecule has 0 spiro atoms. The molecule has 4 aromatic rings. The average Bonchev–Trinajstić information content (AvgIpc) is 3.17. The fourth-order valence-corrected chi connectivity index (χ4v) is 3.69. The number of benzene rings is 3. The largest absolute Gasteiger partial charge is 0.493 e. The number of fused-ring (bicyclic) bond motifs is 1. The van der Waals surface area contributed by atoms with Gasteiger partial charge >= 0.3 is 5.97 Å². The molecule has 0 radical (unpaired) electrons. The van der Waals surface area contributed by atoms with Gasteiger partial charge in [0.1, 0.15) is 5.75 Å². The number of hydrogen-bond donors (Lipinski definition) is 1. The van der Waals surface area contributed by atoms with Gasteiger partial charge in [-0.15, -0.1) is 0 Å². The van der Waals surface area contributed by atoms with Crippen molar-refractivity contribution in [3.05, 3.63) is 95.3 Å². The zero-order valence-corrected chi connectivity index (χ0v) is 17.6. The number of rotatable bonds is 9. The maximum Gasteiger partial charge on any atom is 0.303 e. The lowest BCUT2D eigenvalue weighted by Gasteiger charge is -2.14. The van der Waals surface area contributed by atoms with Crippen molar-refractivity contribution in [3.63, 3.8) is 0 Å². The van der Waals surface area contributed by atoms with Crippen LogP contribution >= 0.6 is 0 Å². The van der Waals surface area contributed by atoms with E-state index in [2.05, 4.69) is 35.4 Å². The fraction of sp³-hybridized carbons (Fsp3) is 0.231. The Hall–Kier alpha value is -3.60. The summed E-state index contributed by atoms with van der Waals surface area (Å²) in [4.78, 5) is 11.0. The summed E-state index contributed by atoms with van der Waals surface area (Å²) >= 11 is 0. The minimum atomic E-state index is -0.807. The molecule has 0 fully saturated rings. The molecule has 0 aliphatic heterocycles. The van der Waals surface area contributed by atoms with Crippen LogP contribution < -0.4 is 4.74 Å². The number of aliphatic carboxylic acids is 1. The van der Waals surface area contributed by atoms with E-state index in [0.717, 1.165) is 28.9 Å². The quantitative estimate of drug-likeness (QED) is 0.417. The van der Waals surface area contributed by atoms with Gasteiger partial charge < -0.3 is 9.84 Å². The maximum absolute atomic E-state index is 11.0. The molecule has 0 saturated carbocycles. The van der Waals surface area contributed by atoms with Crippen molar-refractivity contribution < 1.29 is 14.6 Å². The molecule has 0 aliphatic carbocycles. The van der Waals surface area contributed by atoms with Gasteiger partial charge in [-0.25, -0.2) is 0 Å². The molecule has 0 aliphatic rings. The van der Waals surface area contributed by atoms with E-state index >= 15 is 0 Å². The Bertz CT molecular complexity index is 1200. The summed E-state index contributed by atoms with van der Waals surface area (Å²) < 4.78 is 8.04. The summed E-state index contributed by atoms with van der Waals surface area (Å²) in [5.74, 6) is -0.0541. The second kappa shape index (κ2) is 9.47. The Morgan fingerprint density at radius 2 is 1.81 bits per heavy atom. The van der Waals surface area contributed by atoms with E-state index in [1.807, 2.05) is 54.3 Å². The lowest BCUT2D eigenvalue weighted by Crippen LogP contribution is -2.07. The van der Waals surface area contributed by atoms with Crippen molar-refractivity contribution in [2.45, 2.75) is 32.7 Å². The molecule has 0 unspecified atom stereocenters. The van der Waals surface area contributed by atoms with Gasteiger partial charge in [0, 0.05) is 19.0 Å². The zero-order valence-electron chi connectivity index (χ0n) is 17.6. The molecular formula is C26H26N2O3. The van der Waals surface area contributed by atoms with Crippen LogP contribution in [0.25, 0.3) is 10.8 Å². The highest BCUT2D eigenvalue weighted by Gasteiger charge is 2.09. The second-order valence-corrected chi connectivity index (χ2v) is 7.83. The van der Waals surface area contributed by atoms with E-state index < -0.39 is 5.97 Å². The van der Waals surface area contributed by atoms with Crippen LogP contribution in [0.1, 0.15) is 28.7 Å². The number of aromatic nitrogens is 2. The molecule has 158 valence electrons. The van der Waals surface area contributed by atoms with Crippen LogP contribution in [0.5, 0.6) is 5.75 Å². The second-order valence-electron chi connectivity index (χ2n) is 7.83. The van der Waals surface area contributed by atoms with Gasteiger partial charge in [0.05, 0.1) is 19.3 Å². The topological polar surface area (TPSA) is 64.4 Å². The van der Waals surface area contributed by atoms with Gasteiger partial charge in [-0.05, 0) is 52.4 Å². The van der Waals surface area contributed by atoms with Crippen molar-refractivity contribution in [1.29, 1.82) is 0 Å². The predicted molar refractivity (Wildman–Crippen MR) is 122 cm³/mol. The molecule has 0 atom stereocenters. The molecule has 5 heteroatoms. The minimum Gasteiger partial charge on any atom is -0.493 e. The van der Waals surface area contributed by atoms with Gasteiger partial charge in [0.2, 0.25) is 0 Å². The number of hydrogen-bond acceptors (Lipinski definition) is 3. The smallest absolute Gasteiger partial charge is 0.303 e. The number of nitrogens with zero attached hydrogens (tertiary/aromatic N) is 2. The van der Waals surface area contributed by atoms with Crippen LogP contribution in [0.4, 0.5) is 0 Å². The number of carboxylic acid groups (broad SMARTS) is 1. The standard InChI is InChI=1S/C26H26N2O3/c1-19-16-27-28(17-19)18-21-7-9-23(10-11-26(29)30)25(15-21)31-13-12-20-6-8-22-4-2-3-5-24(22)14-20/h2-9,14-17H,10-13,18H2,1H3,(H,29,30). The van der Waals surface area contributed by atoms with Crippen LogP contribution in [0.3, 0.4) is 0 Å². The van der Waals surface area contributed by atoms with Gasteiger partial charge in [0.15, 0.2) is 0 Å². The predicted octanol–water partition coefficient (Wildman–Crippen LogP) is 5.03. The summed E-state index contributed by atoms with van der Waals surface area (Å²) in [6.45, 7) is 3.19. The minimum absolute atomic E-state index is 0.0821. The maximum atomic E-state index is 11.0. The lowest BCUT2D eigenvalue weighted by atomic mass is 10.0. The Labute approximate surface area is 181 Å². The Morgan fingerprint density at radius 3 is 2.58 bits per heavy atom. The van der Waals surface area contributed by atoms with Crippen LogP contribution in [-0.4, -0.2) is 27.5 Å². The highest BCUT2D eigenvalue weighted by Crippen LogP contribution is 2.24. The third-order valence-electron chi connectivity index (χ3n) is 5.31. The SMILES string of the molecule is Cc1cnn(Cc2ccc(CCC(=O)O)c(OCCc3ccc4ccccc4c3)c2)c1. The van der Waals surface area contributed by atoms with E-state index in [9.17, 15) is 4.79 Å². The number of ether oxygens (including phenoxy) is 1. The van der Waals surface area contributed by atoms with Gasteiger partial charge in [0.25, 0.3) is 0 Å². The number of aryl methyl sites for hydroxylation is 2. The molecule has 1 N–H and O–H groups in total. The first-order valence-corrected chi connectivity index (χ1v) is 10.5. The third-order valence-corrected chi connectivity index (χ3v) is 5.31. The van der Waals surface area contributed by atoms with Gasteiger partial charge in [-0.2, -0.15) is 5.10 Å². The van der Waals surface area contributed by atoms with Gasteiger partial charge in [-0.3, -0.25) is 9.48 Å². The highest BCUT2D eigenvalue weighted by molar-refractivity contribution is 5.83. The summed E-state index contributed by atoms with van der Waals surface area (Å²) in [6, 6.07) is 20.8. The van der Waals surface area contributed by atoms with E-state index in [0.29, 0.717) is 19.6 Å². The van der Waals surface area contributed by atoms with Crippen LogP contribution in [0.2, 0.25) is 0 Å². The Kier molecular flexibility index (Phi) is 6.32. The van der Waals surface area contributed by atoms with Crippen LogP contribution in [0, 0.1) is 6.92 Å². The van der Waals surface area contributed by atoms with E-state index in [1.165, 1.54) is 16.3 Å². The first-order valence-electron chi connectivity index (χ1n) is 10.5. The summed E-state index contributed by atoms with van der Waals surface area (Å²) in [5.41, 5.74) is 4.32. The van der Waals surface area contributed by atoms with Crippen LogP contribution in [-0.2, 0) is 24.2 Å². The summed E-state index contributed by atoms with van der Waals surface area (Å²) in [7, 11) is 0. The van der Waals surface area contributed by atoms with E-state index in [-0.39, 0.29) is 6.42 Å². The van der Waals surface area contributed by atoms with Crippen molar-refractivity contribution in [2.75, 3.05) is 6.61 Å². The van der Waals surface area contributed by atoms with Crippen LogP contribution in [0.15, 0.2) is 73.1 Å². The molecule has 3 aromatic carbocycles. The fourth-order valence-electron chi connectivity index (χ4n) is 3.69. The lowest BCUT2D eigenvalue weighted by molar-refractivity contribution is -0.136. The highest BCUT2D eigenvalue weighted by atomic mass is 16.5. The molecule has 1 aromatic heterocycles. The van der Waals surface area contributed by atoms with E-state index in [1.54, 1.807) is 0 Å². The van der Waals surface area contributed by atoms with Crippen molar-refractivity contribution in [3.8, 4) is 5.75 Å². The number of carboxylic acids is 1. The Balaban J connectivity index is 1.47. The van der Waals surface area contributed by atoms with E-state index in [4.69, 9.17) is 9.84 Å². The summed E-state index contributed by atoms with van der Waals surface area (Å²) in [6.07, 6.45) is 5.15. The van der Waals surface area contributed by atoms with Crippen molar-refractivity contribution >= 4 is 16.7 Å². The average molecular weight is 415 g/mol. The first kappa shape index (κ1) is 20.7. The summed E-state index contributed by atoms with van der Waals surface area (Å²) in [5, 5.41) is 15.9. The normalized spacial score (nSPS) is 11.0. The number of carbonyl (C=O) groups is 1. The molecule has 1 heterocycles. The third kappa shape index (κ3) is 5.51. The molecule has 0 saturated heterocycles. The van der Waals surface area contributed by atoms with Crippen molar-refractivity contribution in [1.82, 2.24) is 9.78 Å².